The molecule has 7 nitrogen and oxygen atoms in total. The molecule has 3 rings (SSSR count). The molecule has 2 aromatic rings. The molecule has 7 heteroatoms. The molecule has 1 aliphatic rings. The molecule has 0 saturated heterocycles. The Bertz CT molecular complexity index is 572. The number of pyridine rings is 1. The zero-order chi connectivity index (χ0) is 11.2. The van der Waals surface area contributed by atoms with E-state index in [-0.39, 0.29) is 5.96 Å². The Balaban J connectivity index is 2.12. The van der Waals surface area contributed by atoms with Crippen LogP contribution in [0.4, 0.5) is 0 Å². The molecule has 3 heterocycles. The van der Waals surface area contributed by atoms with Crippen molar-refractivity contribution in [2.75, 3.05) is 0 Å². The number of aliphatic imine (C=N–C) groups is 1. The zero-order valence-electron chi connectivity index (χ0n) is 8.38. The fourth-order valence-corrected chi connectivity index (χ4v) is 1.69. The van der Waals surface area contributed by atoms with Gasteiger partial charge < -0.3 is 10.1 Å². The highest BCUT2D eigenvalue weighted by molar-refractivity contribution is 5.79. The number of nitrogens with two attached hydrogens (primary N) is 2. The number of imidazole rings is 1. The third-order valence-corrected chi connectivity index (χ3v) is 2.52. The lowest BCUT2D eigenvalue weighted by atomic mass is 10.1. The summed E-state index contributed by atoms with van der Waals surface area (Å²) in [6.45, 7) is 0. The molecular formula is C9H11N7. The maximum atomic E-state index is 6.05. The summed E-state index contributed by atoms with van der Waals surface area (Å²) in [5.41, 5.74) is 18.7. The first kappa shape index (κ1) is 9.13. The first-order valence-corrected chi connectivity index (χ1v) is 4.78. The summed E-state index contributed by atoms with van der Waals surface area (Å²) in [5, 5.41) is 0. The van der Waals surface area contributed by atoms with E-state index in [1.807, 2.05) is 28.9 Å². The first-order valence-electron chi connectivity index (χ1n) is 4.78. The molecule has 82 valence electrons. The Labute approximate surface area is 91.1 Å². The molecule has 0 spiro atoms. The van der Waals surface area contributed by atoms with Gasteiger partial charge >= 0.3 is 0 Å². The van der Waals surface area contributed by atoms with Gasteiger partial charge in [0.2, 0.25) is 11.7 Å². The van der Waals surface area contributed by atoms with E-state index >= 15 is 0 Å². The normalized spacial score (nSPS) is 24.4. The molecule has 0 saturated carbocycles. The summed E-state index contributed by atoms with van der Waals surface area (Å²) >= 11 is 0. The maximum absolute atomic E-state index is 6.05. The van der Waals surface area contributed by atoms with Crippen LogP contribution < -0.4 is 22.3 Å². The summed E-state index contributed by atoms with van der Waals surface area (Å²) in [6, 6.07) is 3.72. The van der Waals surface area contributed by atoms with E-state index < -0.39 is 5.79 Å². The fraction of sp³-hybridized carbons (Fsp3) is 0.111. The lowest BCUT2D eigenvalue weighted by Gasteiger charge is -2.20. The molecule has 0 amide bonds. The number of rotatable bonds is 1. The molecule has 0 aliphatic carbocycles. The Morgan fingerprint density at radius 2 is 2.25 bits per heavy atom. The Morgan fingerprint density at radius 3 is 3.00 bits per heavy atom. The highest BCUT2D eigenvalue weighted by Crippen LogP contribution is 2.19. The van der Waals surface area contributed by atoms with Crippen molar-refractivity contribution in [3.05, 3.63) is 36.3 Å². The molecule has 1 unspecified atom stereocenters. The van der Waals surface area contributed by atoms with Crippen LogP contribution in [0.2, 0.25) is 0 Å². The topological polar surface area (TPSA) is 106 Å². The average molecular weight is 217 g/mol. The third kappa shape index (κ3) is 1.23. The number of fused-ring (bicyclic) bond motifs is 1. The van der Waals surface area contributed by atoms with E-state index in [1.54, 1.807) is 6.20 Å². The molecule has 0 fully saturated rings. The van der Waals surface area contributed by atoms with E-state index in [4.69, 9.17) is 11.5 Å². The molecule has 16 heavy (non-hydrogen) atoms. The van der Waals surface area contributed by atoms with Crippen LogP contribution in [0, 0.1) is 0 Å². The second kappa shape index (κ2) is 2.94. The van der Waals surface area contributed by atoms with Gasteiger partial charge in [0.05, 0.1) is 0 Å². The Kier molecular flexibility index (Phi) is 1.68. The molecule has 2 aromatic heterocycles. The van der Waals surface area contributed by atoms with Gasteiger partial charge in [-0.2, -0.15) is 5.43 Å². The van der Waals surface area contributed by atoms with Crippen LogP contribution in [0.1, 0.15) is 5.56 Å². The monoisotopic (exact) mass is 217 g/mol. The Hall–Kier alpha value is -2.12. The molecule has 0 aromatic carbocycles. The number of nitrogens with one attached hydrogen (secondary N) is 2. The number of hydrogen-bond donors (Lipinski definition) is 4. The van der Waals surface area contributed by atoms with Gasteiger partial charge in [0.25, 0.3) is 0 Å². The van der Waals surface area contributed by atoms with Gasteiger partial charge in [-0.1, -0.05) is 0 Å². The number of guanidine groups is 1. The van der Waals surface area contributed by atoms with Gasteiger partial charge in [-0.25, -0.2) is 9.98 Å². The van der Waals surface area contributed by atoms with Crippen molar-refractivity contribution in [1.82, 2.24) is 20.2 Å². The van der Waals surface area contributed by atoms with E-state index in [1.165, 1.54) is 0 Å². The van der Waals surface area contributed by atoms with Crippen molar-refractivity contribution in [3.63, 3.8) is 0 Å². The van der Waals surface area contributed by atoms with Gasteiger partial charge in [-0.05, 0) is 12.1 Å². The van der Waals surface area contributed by atoms with Crippen molar-refractivity contribution >= 4 is 11.6 Å². The number of nitrogens with zero attached hydrogens (tertiary/aromatic N) is 3. The number of hydrazine groups is 1. The molecule has 1 aliphatic heterocycles. The van der Waals surface area contributed by atoms with Crippen LogP contribution in [-0.4, -0.2) is 15.3 Å². The predicted molar refractivity (Wildman–Crippen MR) is 59.0 cm³/mol. The van der Waals surface area contributed by atoms with Gasteiger partial charge in [-0.15, -0.1) is 0 Å². The minimum absolute atomic E-state index is 0.269. The lowest BCUT2D eigenvalue weighted by molar-refractivity contribution is 0.375. The predicted octanol–water partition coefficient (Wildman–Crippen LogP) is -1.17. The summed E-state index contributed by atoms with van der Waals surface area (Å²) in [6.07, 6.45) is 5.46. The number of aromatic nitrogens is 2. The first-order chi connectivity index (χ1) is 7.67. The van der Waals surface area contributed by atoms with Gasteiger partial charge in [-0.3, -0.25) is 11.2 Å². The van der Waals surface area contributed by atoms with Gasteiger partial charge in [0.15, 0.2) is 0 Å². The highest BCUT2D eigenvalue weighted by Gasteiger charge is 2.31. The van der Waals surface area contributed by atoms with Crippen LogP contribution in [0.15, 0.2) is 35.7 Å². The standard InChI is InChI=1S/C9H11N7/c10-8-13-9(11,15-14-8)6-1-3-16-4-2-12-7(16)5-6/h1-5,15H,11H2,(H3,10,13,14). The Morgan fingerprint density at radius 1 is 1.38 bits per heavy atom. The molecular weight excluding hydrogens is 206 g/mol. The van der Waals surface area contributed by atoms with Crippen molar-refractivity contribution in [2.45, 2.75) is 5.79 Å². The van der Waals surface area contributed by atoms with Crippen molar-refractivity contribution in [1.29, 1.82) is 0 Å². The molecule has 1 atom stereocenters. The van der Waals surface area contributed by atoms with E-state index in [2.05, 4.69) is 20.8 Å². The molecule has 0 radical (unpaired) electrons. The van der Waals surface area contributed by atoms with Crippen LogP contribution >= 0.6 is 0 Å². The second-order valence-corrected chi connectivity index (χ2v) is 3.62. The van der Waals surface area contributed by atoms with Gasteiger partial charge in [0, 0.05) is 24.2 Å². The van der Waals surface area contributed by atoms with Crippen molar-refractivity contribution in [2.24, 2.45) is 16.5 Å². The average Bonchev–Trinajstić information content (AvgIpc) is 2.84. The quantitative estimate of drug-likeness (QED) is 0.481. The summed E-state index contributed by atoms with van der Waals surface area (Å²) < 4.78 is 1.89. The SMILES string of the molecule is NC1=NC(N)(c2ccn3ccnc3c2)NN1. The van der Waals surface area contributed by atoms with E-state index in [0.29, 0.717) is 0 Å². The summed E-state index contributed by atoms with van der Waals surface area (Å²) in [7, 11) is 0. The minimum Gasteiger partial charge on any atom is -0.369 e. The second-order valence-electron chi connectivity index (χ2n) is 3.62. The third-order valence-electron chi connectivity index (χ3n) is 2.52. The smallest absolute Gasteiger partial charge is 0.209 e. The fourth-order valence-electron chi connectivity index (χ4n) is 1.69. The van der Waals surface area contributed by atoms with E-state index in [9.17, 15) is 0 Å². The van der Waals surface area contributed by atoms with E-state index in [0.717, 1.165) is 11.2 Å². The van der Waals surface area contributed by atoms with Crippen molar-refractivity contribution in [3.8, 4) is 0 Å². The van der Waals surface area contributed by atoms with Crippen LogP contribution in [-0.2, 0) is 5.79 Å². The zero-order valence-corrected chi connectivity index (χ0v) is 8.38. The summed E-state index contributed by atoms with van der Waals surface area (Å²) in [5.74, 6) is -0.761. The largest absolute Gasteiger partial charge is 0.369 e. The van der Waals surface area contributed by atoms with Crippen LogP contribution in [0.5, 0.6) is 0 Å². The minimum atomic E-state index is -1.03. The lowest BCUT2D eigenvalue weighted by Crippen LogP contribution is -2.50. The highest BCUT2D eigenvalue weighted by atomic mass is 15.6. The molecule has 6 N–H and O–H groups in total. The van der Waals surface area contributed by atoms with Crippen molar-refractivity contribution < 1.29 is 0 Å². The summed E-state index contributed by atoms with van der Waals surface area (Å²) in [4.78, 5) is 8.28. The maximum Gasteiger partial charge on any atom is 0.209 e. The van der Waals surface area contributed by atoms with Crippen LogP contribution in [0.3, 0.4) is 0 Å². The number of hydrogen-bond acceptors (Lipinski definition) is 6. The molecule has 0 bridgehead atoms. The van der Waals surface area contributed by atoms with Crippen LogP contribution in [0.25, 0.3) is 5.65 Å². The van der Waals surface area contributed by atoms with Gasteiger partial charge in [0.1, 0.15) is 5.65 Å².